The summed E-state index contributed by atoms with van der Waals surface area (Å²) in [5.41, 5.74) is 5.22. The lowest BCUT2D eigenvalue weighted by Crippen LogP contribution is -2.55. The van der Waals surface area contributed by atoms with Crippen LogP contribution in [-0.4, -0.2) is 41.9 Å². The van der Waals surface area contributed by atoms with Crippen molar-refractivity contribution in [3.05, 3.63) is 35.4 Å². The quantitative estimate of drug-likeness (QED) is 0.876. The van der Waals surface area contributed by atoms with Gasteiger partial charge in [-0.15, -0.1) is 0 Å². The molecule has 7 heteroatoms. The molecular formula is C17H23F2N3O2. The number of carbonyl (C=O) groups excluding carboxylic acids is 2. The second-order valence-electron chi connectivity index (χ2n) is 6.48. The number of halogens is 2. The standard InChI is InChI=1S/C17H23F2N3O2/c1-10(2)15(17(24)22-8-4-5-11(20)9-22)21-16(23)14-12(18)6-3-7-13(14)19/h3,6-7,10-11,15H,4-5,8-9,20H2,1-2H3,(H,21,23). The van der Waals surface area contributed by atoms with E-state index < -0.39 is 29.1 Å². The highest BCUT2D eigenvalue weighted by Crippen LogP contribution is 2.16. The van der Waals surface area contributed by atoms with Crippen molar-refractivity contribution in [2.75, 3.05) is 13.1 Å². The van der Waals surface area contributed by atoms with E-state index in [-0.39, 0.29) is 17.9 Å². The van der Waals surface area contributed by atoms with Crippen LogP contribution in [0, 0.1) is 17.6 Å². The Balaban J connectivity index is 2.16. The van der Waals surface area contributed by atoms with Crippen LogP contribution in [0.3, 0.4) is 0 Å². The molecule has 5 nitrogen and oxygen atoms in total. The summed E-state index contributed by atoms with van der Waals surface area (Å²) in [7, 11) is 0. The predicted octanol–water partition coefficient (Wildman–Crippen LogP) is 1.67. The Hall–Kier alpha value is -2.02. The minimum Gasteiger partial charge on any atom is -0.340 e. The van der Waals surface area contributed by atoms with Gasteiger partial charge in [0.2, 0.25) is 5.91 Å². The van der Waals surface area contributed by atoms with Crippen LogP contribution in [0.1, 0.15) is 37.0 Å². The molecule has 0 spiro atoms. The SMILES string of the molecule is CC(C)C(NC(=O)c1c(F)cccc1F)C(=O)N1CCCC(N)C1. The summed E-state index contributed by atoms with van der Waals surface area (Å²) < 4.78 is 27.5. The molecule has 2 amide bonds. The number of rotatable bonds is 4. The highest BCUT2D eigenvalue weighted by Gasteiger charge is 2.32. The van der Waals surface area contributed by atoms with Crippen molar-refractivity contribution in [3.63, 3.8) is 0 Å². The van der Waals surface area contributed by atoms with Crippen LogP contribution in [0.5, 0.6) is 0 Å². The Morgan fingerprint density at radius 2 is 1.92 bits per heavy atom. The average molecular weight is 339 g/mol. The fourth-order valence-electron chi connectivity index (χ4n) is 2.85. The normalized spacial score (nSPS) is 19.2. The molecule has 1 aromatic rings. The second-order valence-corrected chi connectivity index (χ2v) is 6.48. The molecule has 2 unspecified atom stereocenters. The van der Waals surface area contributed by atoms with E-state index in [0.717, 1.165) is 25.0 Å². The number of piperidine rings is 1. The van der Waals surface area contributed by atoms with Gasteiger partial charge in [-0.3, -0.25) is 9.59 Å². The fraction of sp³-hybridized carbons (Fsp3) is 0.529. The summed E-state index contributed by atoms with van der Waals surface area (Å²) in [4.78, 5) is 26.6. The Labute approximate surface area is 140 Å². The van der Waals surface area contributed by atoms with Crippen molar-refractivity contribution in [3.8, 4) is 0 Å². The Morgan fingerprint density at radius 1 is 1.29 bits per heavy atom. The van der Waals surface area contributed by atoms with Crippen molar-refractivity contribution in [2.24, 2.45) is 11.7 Å². The summed E-state index contributed by atoms with van der Waals surface area (Å²) in [6.45, 7) is 4.53. The molecule has 0 aliphatic carbocycles. The Morgan fingerprint density at radius 3 is 2.46 bits per heavy atom. The topological polar surface area (TPSA) is 75.4 Å². The molecule has 2 rings (SSSR count). The van der Waals surface area contributed by atoms with Gasteiger partial charge >= 0.3 is 0 Å². The van der Waals surface area contributed by atoms with E-state index in [0.29, 0.717) is 13.1 Å². The van der Waals surface area contributed by atoms with Crippen molar-refractivity contribution in [1.82, 2.24) is 10.2 Å². The third-order valence-electron chi connectivity index (χ3n) is 4.18. The lowest BCUT2D eigenvalue weighted by atomic mass is 9.99. The van der Waals surface area contributed by atoms with Crippen molar-refractivity contribution >= 4 is 11.8 Å². The zero-order valence-electron chi connectivity index (χ0n) is 13.9. The van der Waals surface area contributed by atoms with Crippen LogP contribution in [0.2, 0.25) is 0 Å². The lowest BCUT2D eigenvalue weighted by Gasteiger charge is -2.34. The highest BCUT2D eigenvalue weighted by molar-refractivity contribution is 5.98. The largest absolute Gasteiger partial charge is 0.340 e. The third kappa shape index (κ3) is 4.08. The van der Waals surface area contributed by atoms with Crippen LogP contribution < -0.4 is 11.1 Å². The second kappa shape index (κ2) is 7.70. The molecule has 1 fully saturated rings. The lowest BCUT2D eigenvalue weighted by molar-refractivity contribution is -0.135. The van der Waals surface area contributed by atoms with E-state index in [4.69, 9.17) is 5.73 Å². The highest BCUT2D eigenvalue weighted by atomic mass is 19.1. The van der Waals surface area contributed by atoms with Gasteiger partial charge in [0.05, 0.1) is 0 Å². The van der Waals surface area contributed by atoms with Gasteiger partial charge in [0, 0.05) is 19.1 Å². The predicted molar refractivity (Wildman–Crippen MR) is 86.2 cm³/mol. The summed E-state index contributed by atoms with van der Waals surface area (Å²) >= 11 is 0. The third-order valence-corrected chi connectivity index (χ3v) is 4.18. The molecule has 0 aromatic heterocycles. The summed E-state index contributed by atoms with van der Waals surface area (Å²) in [5.74, 6) is -3.34. The van der Waals surface area contributed by atoms with E-state index in [9.17, 15) is 18.4 Å². The average Bonchev–Trinajstić information content (AvgIpc) is 2.51. The summed E-state index contributed by atoms with van der Waals surface area (Å²) in [5, 5.41) is 2.48. The molecule has 2 atom stereocenters. The molecule has 132 valence electrons. The van der Waals surface area contributed by atoms with Crippen LogP contribution in [-0.2, 0) is 4.79 Å². The van der Waals surface area contributed by atoms with Gasteiger partial charge < -0.3 is 16.0 Å². The van der Waals surface area contributed by atoms with Crippen molar-refractivity contribution < 1.29 is 18.4 Å². The van der Waals surface area contributed by atoms with Gasteiger partial charge in [-0.1, -0.05) is 19.9 Å². The number of likely N-dealkylation sites (tertiary alicyclic amines) is 1. The van der Waals surface area contributed by atoms with Gasteiger partial charge in [0.25, 0.3) is 5.91 Å². The maximum atomic E-state index is 13.7. The van der Waals surface area contributed by atoms with E-state index in [2.05, 4.69) is 5.32 Å². The first kappa shape index (κ1) is 18.3. The van der Waals surface area contributed by atoms with Crippen LogP contribution in [0.15, 0.2) is 18.2 Å². The first-order valence-electron chi connectivity index (χ1n) is 8.10. The number of carbonyl (C=O) groups is 2. The van der Waals surface area contributed by atoms with Crippen LogP contribution in [0.4, 0.5) is 8.78 Å². The van der Waals surface area contributed by atoms with Crippen LogP contribution in [0.25, 0.3) is 0 Å². The van der Waals surface area contributed by atoms with Crippen molar-refractivity contribution in [2.45, 2.75) is 38.8 Å². The Bertz CT molecular complexity index is 602. The minimum absolute atomic E-state index is 0.0878. The molecule has 1 aliphatic rings. The molecule has 0 saturated carbocycles. The summed E-state index contributed by atoms with van der Waals surface area (Å²) in [6.07, 6.45) is 1.65. The van der Waals surface area contributed by atoms with Gasteiger partial charge in [0.15, 0.2) is 0 Å². The number of hydrogen-bond acceptors (Lipinski definition) is 3. The molecular weight excluding hydrogens is 316 g/mol. The first-order valence-corrected chi connectivity index (χ1v) is 8.10. The number of amides is 2. The number of nitrogens with zero attached hydrogens (tertiary/aromatic N) is 1. The monoisotopic (exact) mass is 339 g/mol. The van der Waals surface area contributed by atoms with E-state index in [1.807, 2.05) is 0 Å². The van der Waals surface area contributed by atoms with E-state index >= 15 is 0 Å². The first-order chi connectivity index (χ1) is 11.3. The molecule has 24 heavy (non-hydrogen) atoms. The molecule has 0 radical (unpaired) electrons. The van der Waals surface area contributed by atoms with Gasteiger partial charge in [-0.25, -0.2) is 8.78 Å². The number of benzene rings is 1. The fourth-order valence-corrected chi connectivity index (χ4v) is 2.85. The minimum atomic E-state index is -0.956. The smallest absolute Gasteiger partial charge is 0.257 e. The van der Waals surface area contributed by atoms with E-state index in [1.54, 1.807) is 18.7 Å². The van der Waals surface area contributed by atoms with Crippen LogP contribution >= 0.6 is 0 Å². The molecule has 1 aliphatic heterocycles. The molecule has 3 N–H and O–H groups in total. The molecule has 0 bridgehead atoms. The number of nitrogens with two attached hydrogens (primary N) is 1. The van der Waals surface area contributed by atoms with Gasteiger partial charge in [0.1, 0.15) is 23.2 Å². The van der Waals surface area contributed by atoms with Gasteiger partial charge in [-0.2, -0.15) is 0 Å². The maximum Gasteiger partial charge on any atom is 0.257 e. The zero-order chi connectivity index (χ0) is 17.9. The Kier molecular flexibility index (Phi) is 5.88. The molecule has 1 heterocycles. The zero-order valence-corrected chi connectivity index (χ0v) is 13.9. The van der Waals surface area contributed by atoms with Crippen molar-refractivity contribution in [1.29, 1.82) is 0 Å². The molecule has 1 saturated heterocycles. The molecule has 1 aromatic carbocycles. The van der Waals surface area contributed by atoms with E-state index in [1.165, 1.54) is 6.07 Å². The van der Waals surface area contributed by atoms with Gasteiger partial charge in [-0.05, 0) is 30.9 Å². The maximum absolute atomic E-state index is 13.7. The number of nitrogens with one attached hydrogen (secondary N) is 1. The number of hydrogen-bond donors (Lipinski definition) is 2. The summed E-state index contributed by atoms with van der Waals surface area (Å²) in [6, 6.07) is 2.25.